The summed E-state index contributed by atoms with van der Waals surface area (Å²) < 4.78 is 65.5. The fourth-order valence-corrected chi connectivity index (χ4v) is 6.41. The Bertz CT molecular complexity index is 1040. The van der Waals surface area contributed by atoms with E-state index in [0.29, 0.717) is 5.02 Å². The lowest BCUT2D eigenvalue weighted by atomic mass is 10.2. The highest BCUT2D eigenvalue weighted by molar-refractivity contribution is 7.92. The second kappa shape index (κ2) is 6.92. The summed E-state index contributed by atoms with van der Waals surface area (Å²) in [4.78, 5) is 0.0738. The van der Waals surface area contributed by atoms with Gasteiger partial charge in [0.15, 0.2) is 9.84 Å². The molecule has 1 saturated heterocycles. The fraction of sp³-hybridized carbons (Fsp3) is 0.294. The maximum absolute atomic E-state index is 13.4. The number of aryl methyl sites for hydroxylation is 1. The van der Waals surface area contributed by atoms with Crippen LogP contribution in [0.25, 0.3) is 0 Å². The van der Waals surface area contributed by atoms with Crippen LogP contribution >= 0.6 is 11.6 Å². The number of halogens is 2. The molecule has 1 heterocycles. The van der Waals surface area contributed by atoms with Gasteiger partial charge >= 0.3 is 0 Å². The number of hydrogen-bond donors (Lipinski definition) is 0. The maximum atomic E-state index is 13.4. The quantitative estimate of drug-likeness (QED) is 0.766. The summed E-state index contributed by atoms with van der Waals surface area (Å²) in [7, 11) is -7.55. The highest BCUT2D eigenvalue weighted by Crippen LogP contribution is 2.29. The molecule has 1 fully saturated rings. The Labute approximate surface area is 157 Å². The van der Waals surface area contributed by atoms with E-state index in [1.54, 1.807) is 0 Å². The molecule has 0 radical (unpaired) electrons. The van der Waals surface area contributed by atoms with Crippen molar-refractivity contribution in [3.8, 4) is 0 Å². The van der Waals surface area contributed by atoms with Gasteiger partial charge in [-0.05, 0) is 61.4 Å². The monoisotopic (exact) mass is 417 g/mol. The molecule has 5 nitrogen and oxygen atoms in total. The molecule has 26 heavy (non-hydrogen) atoms. The van der Waals surface area contributed by atoms with Crippen LogP contribution in [0.4, 0.5) is 4.39 Å². The van der Waals surface area contributed by atoms with E-state index < -0.39 is 30.9 Å². The fourth-order valence-electron chi connectivity index (χ4n) is 2.91. The van der Waals surface area contributed by atoms with E-state index in [1.807, 2.05) is 0 Å². The Balaban J connectivity index is 1.85. The third-order valence-corrected chi connectivity index (χ3v) is 8.76. The molecule has 1 aliphatic heterocycles. The molecule has 0 bridgehead atoms. The number of rotatable bonds is 4. The lowest BCUT2D eigenvalue weighted by Gasteiger charge is -2.17. The van der Waals surface area contributed by atoms with E-state index in [1.165, 1.54) is 43.3 Å². The van der Waals surface area contributed by atoms with Crippen molar-refractivity contribution in [2.45, 2.75) is 28.4 Å². The van der Waals surface area contributed by atoms with Crippen molar-refractivity contribution < 1.29 is 21.2 Å². The zero-order chi connectivity index (χ0) is 19.1. The van der Waals surface area contributed by atoms with Crippen molar-refractivity contribution in [3.63, 3.8) is 0 Å². The topological polar surface area (TPSA) is 71.5 Å². The summed E-state index contributed by atoms with van der Waals surface area (Å²) in [6, 6.07) is 9.35. The number of benzene rings is 2. The van der Waals surface area contributed by atoms with Crippen LogP contribution in [-0.2, 0) is 19.9 Å². The number of sulfonamides is 1. The predicted molar refractivity (Wildman–Crippen MR) is 96.9 cm³/mol. The Hall–Kier alpha value is -1.48. The summed E-state index contributed by atoms with van der Waals surface area (Å²) in [5.41, 5.74) is 0.218. The van der Waals surface area contributed by atoms with Crippen LogP contribution in [0.3, 0.4) is 0 Å². The van der Waals surface area contributed by atoms with Crippen LogP contribution in [0.1, 0.15) is 12.0 Å². The molecule has 2 aromatic carbocycles. The summed E-state index contributed by atoms with van der Waals surface area (Å²) in [5.74, 6) is -0.492. The summed E-state index contributed by atoms with van der Waals surface area (Å²) >= 11 is 5.79. The third-order valence-electron chi connectivity index (χ3n) is 4.46. The van der Waals surface area contributed by atoms with Gasteiger partial charge < -0.3 is 0 Å². The van der Waals surface area contributed by atoms with Crippen LogP contribution in [0.2, 0.25) is 5.02 Å². The molecular weight excluding hydrogens is 401 g/mol. The SMILES string of the molecule is Cc1cc(S(=O)(=O)N2CC[C@@H](S(=O)(=O)c3ccc(Cl)cc3)C2)ccc1F. The highest BCUT2D eigenvalue weighted by atomic mass is 35.5. The smallest absolute Gasteiger partial charge is 0.223 e. The van der Waals surface area contributed by atoms with Crippen LogP contribution in [0.5, 0.6) is 0 Å². The van der Waals surface area contributed by atoms with Gasteiger partial charge in [-0.3, -0.25) is 0 Å². The van der Waals surface area contributed by atoms with E-state index in [-0.39, 0.29) is 34.9 Å². The van der Waals surface area contributed by atoms with Gasteiger partial charge in [-0.25, -0.2) is 21.2 Å². The van der Waals surface area contributed by atoms with Gasteiger partial charge in [-0.15, -0.1) is 0 Å². The second-order valence-electron chi connectivity index (χ2n) is 6.18. The van der Waals surface area contributed by atoms with E-state index in [2.05, 4.69) is 0 Å². The molecule has 0 spiro atoms. The first-order valence-corrected chi connectivity index (χ1v) is 11.2. The van der Waals surface area contributed by atoms with E-state index in [9.17, 15) is 21.2 Å². The first-order valence-electron chi connectivity index (χ1n) is 7.88. The molecule has 0 amide bonds. The van der Waals surface area contributed by atoms with Crippen molar-refractivity contribution in [1.29, 1.82) is 0 Å². The normalized spacial score (nSPS) is 19.0. The van der Waals surface area contributed by atoms with Gasteiger partial charge in [0.2, 0.25) is 10.0 Å². The first-order chi connectivity index (χ1) is 12.1. The van der Waals surface area contributed by atoms with Crippen LogP contribution < -0.4 is 0 Å². The van der Waals surface area contributed by atoms with E-state index in [4.69, 9.17) is 11.6 Å². The first kappa shape index (κ1) is 19.3. The molecule has 1 aliphatic rings. The molecule has 140 valence electrons. The van der Waals surface area contributed by atoms with Gasteiger partial charge in [-0.1, -0.05) is 11.6 Å². The zero-order valence-electron chi connectivity index (χ0n) is 13.9. The third kappa shape index (κ3) is 3.51. The standard InChI is InChI=1S/C17H17ClFNO4S2/c1-12-10-15(6-7-17(12)19)26(23,24)20-9-8-16(11-20)25(21,22)14-4-2-13(18)3-5-14/h2-7,10,16H,8-9,11H2,1H3/t16-/m1/s1. The van der Waals surface area contributed by atoms with Gasteiger partial charge in [0.1, 0.15) is 5.82 Å². The van der Waals surface area contributed by atoms with Gasteiger partial charge in [0.05, 0.1) is 15.0 Å². The minimum atomic E-state index is -3.88. The molecule has 1 atom stereocenters. The van der Waals surface area contributed by atoms with Crippen molar-refractivity contribution >= 4 is 31.5 Å². The van der Waals surface area contributed by atoms with E-state index in [0.717, 1.165) is 10.4 Å². The minimum Gasteiger partial charge on any atom is -0.223 e. The number of sulfone groups is 1. The molecule has 0 aliphatic carbocycles. The largest absolute Gasteiger partial charge is 0.243 e. The van der Waals surface area contributed by atoms with Crippen molar-refractivity contribution in [1.82, 2.24) is 4.31 Å². The van der Waals surface area contributed by atoms with Crippen LogP contribution in [0, 0.1) is 12.7 Å². The summed E-state index contributed by atoms with van der Waals surface area (Å²) in [5, 5.41) is -0.411. The Kier molecular flexibility index (Phi) is 5.13. The van der Waals surface area contributed by atoms with Crippen molar-refractivity contribution in [3.05, 3.63) is 58.9 Å². The van der Waals surface area contributed by atoms with Crippen molar-refractivity contribution in [2.24, 2.45) is 0 Å². The lowest BCUT2D eigenvalue weighted by Crippen LogP contribution is -2.32. The second-order valence-corrected chi connectivity index (χ2v) is 10.8. The number of hydrogen-bond acceptors (Lipinski definition) is 4. The van der Waals surface area contributed by atoms with Gasteiger partial charge in [0.25, 0.3) is 0 Å². The molecule has 0 N–H and O–H groups in total. The molecule has 0 unspecified atom stereocenters. The molecule has 0 saturated carbocycles. The highest BCUT2D eigenvalue weighted by Gasteiger charge is 2.39. The minimum absolute atomic E-state index is 0.0408. The van der Waals surface area contributed by atoms with Crippen LogP contribution in [-0.4, -0.2) is 39.5 Å². The molecule has 3 rings (SSSR count). The molecule has 0 aromatic heterocycles. The Morgan fingerprint density at radius 1 is 1.04 bits per heavy atom. The van der Waals surface area contributed by atoms with Gasteiger partial charge in [0, 0.05) is 18.1 Å². The Morgan fingerprint density at radius 3 is 2.27 bits per heavy atom. The van der Waals surface area contributed by atoms with E-state index >= 15 is 0 Å². The lowest BCUT2D eigenvalue weighted by molar-refractivity contribution is 0.476. The molecule has 2 aromatic rings. The van der Waals surface area contributed by atoms with Gasteiger partial charge in [-0.2, -0.15) is 4.31 Å². The zero-order valence-corrected chi connectivity index (χ0v) is 16.3. The predicted octanol–water partition coefficient (Wildman–Crippen LogP) is 3.02. The molecule has 9 heteroatoms. The molecular formula is C17H17ClFNO4S2. The average Bonchev–Trinajstić information content (AvgIpc) is 3.09. The number of nitrogens with zero attached hydrogens (tertiary/aromatic N) is 1. The Morgan fingerprint density at radius 2 is 1.65 bits per heavy atom. The van der Waals surface area contributed by atoms with Crippen molar-refractivity contribution in [2.75, 3.05) is 13.1 Å². The average molecular weight is 418 g/mol. The van der Waals surface area contributed by atoms with Crippen LogP contribution in [0.15, 0.2) is 52.3 Å². The maximum Gasteiger partial charge on any atom is 0.243 e. The summed E-state index contributed by atoms with van der Waals surface area (Å²) in [6.45, 7) is 1.44. The summed E-state index contributed by atoms with van der Waals surface area (Å²) in [6.07, 6.45) is 0.199.